The van der Waals surface area contributed by atoms with Gasteiger partial charge in [0.25, 0.3) is 0 Å². The van der Waals surface area contributed by atoms with Crippen molar-refractivity contribution >= 4 is 0 Å². The van der Waals surface area contributed by atoms with Crippen molar-refractivity contribution < 1.29 is 13.2 Å². The van der Waals surface area contributed by atoms with Crippen LogP contribution in [0.25, 0.3) is 0 Å². The molecule has 1 heterocycles. The van der Waals surface area contributed by atoms with Crippen molar-refractivity contribution in [3.05, 3.63) is 0 Å². The van der Waals surface area contributed by atoms with E-state index >= 15 is 0 Å². The first-order chi connectivity index (χ1) is 8.74. The molecule has 6 heteroatoms. The number of nitrogens with zero attached hydrogens (tertiary/aromatic N) is 2. The lowest BCUT2D eigenvalue weighted by Gasteiger charge is -2.32. The average Bonchev–Trinajstić information content (AvgIpc) is 2.34. The third-order valence-electron chi connectivity index (χ3n) is 3.73. The highest BCUT2D eigenvalue weighted by Gasteiger charge is 2.40. The van der Waals surface area contributed by atoms with Gasteiger partial charge >= 0.3 is 6.18 Å². The fourth-order valence-corrected chi connectivity index (χ4v) is 2.37. The second kappa shape index (κ2) is 6.58. The molecule has 0 saturated carbocycles. The van der Waals surface area contributed by atoms with Gasteiger partial charge in [0.05, 0.1) is 12.0 Å². The van der Waals surface area contributed by atoms with Crippen LogP contribution in [0.4, 0.5) is 13.2 Å². The summed E-state index contributed by atoms with van der Waals surface area (Å²) < 4.78 is 37.4. The van der Waals surface area contributed by atoms with E-state index in [0.29, 0.717) is 19.5 Å². The van der Waals surface area contributed by atoms with Crippen LogP contribution in [0.2, 0.25) is 0 Å². The fourth-order valence-electron chi connectivity index (χ4n) is 2.37. The topological polar surface area (TPSA) is 53.1 Å². The first-order valence-corrected chi connectivity index (χ1v) is 6.74. The first kappa shape index (κ1) is 16.3. The second-order valence-electron chi connectivity index (χ2n) is 5.64. The maximum absolute atomic E-state index is 12.5. The van der Waals surface area contributed by atoms with Crippen molar-refractivity contribution in [1.82, 2.24) is 4.90 Å². The van der Waals surface area contributed by atoms with Crippen molar-refractivity contribution in [1.29, 1.82) is 5.26 Å². The van der Waals surface area contributed by atoms with E-state index in [1.165, 1.54) is 0 Å². The lowest BCUT2D eigenvalue weighted by Crippen LogP contribution is -2.39. The number of unbranched alkanes of at least 4 members (excludes halogenated alkanes) is 1. The minimum Gasteiger partial charge on any atom is -0.314 e. The molecule has 19 heavy (non-hydrogen) atoms. The van der Waals surface area contributed by atoms with Gasteiger partial charge in [-0.05, 0) is 58.7 Å². The van der Waals surface area contributed by atoms with Gasteiger partial charge in [-0.3, -0.25) is 0 Å². The van der Waals surface area contributed by atoms with E-state index < -0.39 is 17.6 Å². The summed E-state index contributed by atoms with van der Waals surface area (Å²) in [6.45, 7) is 3.53. The fraction of sp³-hybridized carbons (Fsp3) is 0.923. The Morgan fingerprint density at radius 1 is 1.26 bits per heavy atom. The molecule has 1 aliphatic rings. The van der Waals surface area contributed by atoms with Crippen LogP contribution in [0.3, 0.4) is 0 Å². The van der Waals surface area contributed by atoms with E-state index in [1.807, 2.05) is 6.07 Å². The number of nitrogens with two attached hydrogens (primary N) is 1. The zero-order chi connectivity index (χ0) is 14.5. The van der Waals surface area contributed by atoms with Gasteiger partial charge in [-0.1, -0.05) is 0 Å². The quantitative estimate of drug-likeness (QED) is 0.786. The van der Waals surface area contributed by atoms with Gasteiger partial charge in [0.2, 0.25) is 0 Å². The summed E-state index contributed by atoms with van der Waals surface area (Å²) in [4.78, 5) is 2.07. The van der Waals surface area contributed by atoms with E-state index in [1.54, 1.807) is 6.92 Å². The second-order valence-corrected chi connectivity index (χ2v) is 5.64. The minimum absolute atomic E-state index is 0.205. The molecular weight excluding hydrogens is 255 g/mol. The van der Waals surface area contributed by atoms with E-state index in [-0.39, 0.29) is 12.8 Å². The highest BCUT2D eigenvalue weighted by molar-refractivity contribution is 5.00. The van der Waals surface area contributed by atoms with Crippen LogP contribution in [0, 0.1) is 17.2 Å². The molecule has 110 valence electrons. The van der Waals surface area contributed by atoms with Gasteiger partial charge in [-0.15, -0.1) is 0 Å². The van der Waals surface area contributed by atoms with Crippen molar-refractivity contribution in [3.8, 4) is 6.07 Å². The molecule has 0 amide bonds. The zero-order valence-corrected chi connectivity index (χ0v) is 11.3. The van der Waals surface area contributed by atoms with Crippen molar-refractivity contribution in [3.63, 3.8) is 0 Å². The molecule has 0 bridgehead atoms. The van der Waals surface area contributed by atoms with Gasteiger partial charge in [-0.25, -0.2) is 0 Å². The summed E-state index contributed by atoms with van der Waals surface area (Å²) in [6, 6.07) is 2.04. The zero-order valence-electron chi connectivity index (χ0n) is 11.3. The molecule has 0 radical (unpaired) electrons. The number of hydrogen-bond donors (Lipinski definition) is 1. The largest absolute Gasteiger partial charge is 0.391 e. The molecule has 0 spiro atoms. The highest BCUT2D eigenvalue weighted by Crippen LogP contribution is 2.34. The third kappa shape index (κ3) is 5.79. The maximum atomic E-state index is 12.5. The summed E-state index contributed by atoms with van der Waals surface area (Å²) in [5.74, 6) is -1.13. The van der Waals surface area contributed by atoms with Crippen LogP contribution >= 0.6 is 0 Å². The Kier molecular flexibility index (Phi) is 5.63. The Labute approximate surface area is 112 Å². The SMILES string of the molecule is CC(N)(C#N)CCCCN1CCC(C(F)(F)F)CC1. The van der Waals surface area contributed by atoms with Crippen LogP contribution in [0.1, 0.15) is 39.0 Å². The molecular formula is C13H22F3N3. The molecule has 1 saturated heterocycles. The summed E-state index contributed by atoms with van der Waals surface area (Å²) in [6.07, 6.45) is -1.29. The van der Waals surface area contributed by atoms with E-state index in [4.69, 9.17) is 11.0 Å². The smallest absolute Gasteiger partial charge is 0.314 e. The number of likely N-dealkylation sites (tertiary alicyclic amines) is 1. The molecule has 3 nitrogen and oxygen atoms in total. The van der Waals surface area contributed by atoms with Gasteiger partial charge in [-0.2, -0.15) is 18.4 Å². The summed E-state index contributed by atoms with van der Waals surface area (Å²) in [7, 11) is 0. The standard InChI is InChI=1S/C13H22F3N3/c1-12(18,10-17)6-2-3-7-19-8-4-11(5-9-19)13(14,15)16/h11H,2-9,18H2,1H3. The Balaban J connectivity index is 2.16. The van der Waals surface area contributed by atoms with Crippen LogP contribution in [0.5, 0.6) is 0 Å². The molecule has 0 aromatic rings. The van der Waals surface area contributed by atoms with Gasteiger partial charge < -0.3 is 10.6 Å². The lowest BCUT2D eigenvalue weighted by molar-refractivity contribution is -0.185. The normalized spacial score (nSPS) is 21.9. The third-order valence-corrected chi connectivity index (χ3v) is 3.73. The van der Waals surface area contributed by atoms with Crippen LogP contribution < -0.4 is 5.73 Å². The number of hydrogen-bond acceptors (Lipinski definition) is 3. The van der Waals surface area contributed by atoms with Gasteiger partial charge in [0, 0.05) is 0 Å². The van der Waals surface area contributed by atoms with E-state index in [9.17, 15) is 13.2 Å². The summed E-state index contributed by atoms with van der Waals surface area (Å²) in [5.41, 5.74) is 4.91. The Morgan fingerprint density at radius 2 is 1.84 bits per heavy atom. The highest BCUT2D eigenvalue weighted by atomic mass is 19.4. The van der Waals surface area contributed by atoms with Crippen LogP contribution in [0.15, 0.2) is 0 Å². The molecule has 0 aromatic carbocycles. The Morgan fingerprint density at radius 3 is 2.32 bits per heavy atom. The van der Waals surface area contributed by atoms with E-state index in [2.05, 4.69) is 4.90 Å². The molecule has 1 unspecified atom stereocenters. The van der Waals surface area contributed by atoms with Gasteiger partial charge in [0.1, 0.15) is 5.54 Å². The Hall–Kier alpha value is -0.800. The molecule has 1 rings (SSSR count). The van der Waals surface area contributed by atoms with Crippen molar-refractivity contribution in [2.75, 3.05) is 19.6 Å². The molecule has 1 fully saturated rings. The lowest BCUT2D eigenvalue weighted by atomic mass is 9.95. The van der Waals surface area contributed by atoms with Crippen LogP contribution in [-0.4, -0.2) is 36.2 Å². The minimum atomic E-state index is -4.04. The summed E-state index contributed by atoms with van der Waals surface area (Å²) >= 11 is 0. The molecule has 2 N–H and O–H groups in total. The van der Waals surface area contributed by atoms with E-state index in [0.717, 1.165) is 19.4 Å². The maximum Gasteiger partial charge on any atom is 0.391 e. The summed E-state index contributed by atoms with van der Waals surface area (Å²) in [5, 5.41) is 8.76. The number of halogens is 3. The van der Waals surface area contributed by atoms with Crippen molar-refractivity contribution in [2.45, 2.75) is 50.7 Å². The predicted molar refractivity (Wildman–Crippen MR) is 67.3 cm³/mol. The van der Waals surface area contributed by atoms with Crippen LogP contribution in [-0.2, 0) is 0 Å². The first-order valence-electron chi connectivity index (χ1n) is 6.74. The average molecular weight is 277 g/mol. The predicted octanol–water partition coefficient (Wildman–Crippen LogP) is 2.67. The molecule has 1 atom stereocenters. The number of alkyl halides is 3. The molecule has 0 aromatic heterocycles. The number of piperidine rings is 1. The monoisotopic (exact) mass is 277 g/mol. The molecule has 0 aliphatic carbocycles. The number of rotatable bonds is 5. The van der Waals surface area contributed by atoms with Gasteiger partial charge in [0.15, 0.2) is 0 Å². The van der Waals surface area contributed by atoms with Crippen molar-refractivity contribution in [2.24, 2.45) is 11.7 Å². The number of nitriles is 1. The Bertz CT molecular complexity index is 312. The molecule has 1 aliphatic heterocycles.